The van der Waals surface area contributed by atoms with Gasteiger partial charge < -0.3 is 19.8 Å². The van der Waals surface area contributed by atoms with Gasteiger partial charge in [-0.3, -0.25) is 5.41 Å². The van der Waals surface area contributed by atoms with Gasteiger partial charge in [0.05, 0.1) is 28.5 Å². The molecule has 5 N–H and O–H groups in total. The van der Waals surface area contributed by atoms with Gasteiger partial charge in [0.15, 0.2) is 5.76 Å². The summed E-state index contributed by atoms with van der Waals surface area (Å²) in [6.07, 6.45) is 0.289. The van der Waals surface area contributed by atoms with Gasteiger partial charge in [0, 0.05) is 24.7 Å². The summed E-state index contributed by atoms with van der Waals surface area (Å²) in [5, 5.41) is 11.3. The summed E-state index contributed by atoms with van der Waals surface area (Å²) < 4.78 is 48.9. The summed E-state index contributed by atoms with van der Waals surface area (Å²) in [4.78, 5) is 12.4. The second kappa shape index (κ2) is 8.84. The number of rotatable bonds is 8. The van der Waals surface area contributed by atoms with Crippen molar-refractivity contribution in [2.45, 2.75) is 31.7 Å². The van der Waals surface area contributed by atoms with Crippen molar-refractivity contribution in [1.29, 1.82) is 5.41 Å². The minimum absolute atomic E-state index is 0.0208. The van der Waals surface area contributed by atoms with Crippen LogP contribution in [-0.2, 0) is 23.0 Å². The number of imidazole rings is 2. The lowest BCUT2D eigenvalue weighted by molar-refractivity contribution is 0.390. The largest absolute Gasteiger partial charge is 0.384 e. The van der Waals surface area contributed by atoms with E-state index in [-0.39, 0.29) is 41.7 Å². The van der Waals surface area contributed by atoms with Crippen molar-refractivity contribution < 1.29 is 17.3 Å². The van der Waals surface area contributed by atoms with Crippen LogP contribution in [0.3, 0.4) is 0 Å². The minimum atomic E-state index is -3.84. The highest BCUT2D eigenvalue weighted by molar-refractivity contribution is 7.89. The number of sulfonamides is 1. The Morgan fingerprint density at radius 3 is 2.72 bits per heavy atom. The zero-order valence-electron chi connectivity index (χ0n) is 19.5. The van der Waals surface area contributed by atoms with Gasteiger partial charge in [0.2, 0.25) is 10.0 Å². The fraction of sp³-hybridized carbons (Fsp3) is 0.217. The van der Waals surface area contributed by atoms with Crippen LogP contribution in [0.15, 0.2) is 45.8 Å². The second-order valence-electron chi connectivity index (χ2n) is 8.37. The van der Waals surface area contributed by atoms with E-state index in [1.165, 1.54) is 19.1 Å². The molecule has 3 heterocycles. The lowest BCUT2D eigenvalue weighted by atomic mass is 10.2. The summed E-state index contributed by atoms with van der Waals surface area (Å²) >= 11 is 0. The molecule has 0 saturated heterocycles. The molecule has 11 nitrogen and oxygen atoms in total. The van der Waals surface area contributed by atoms with Crippen molar-refractivity contribution in [2.24, 2.45) is 5.73 Å². The van der Waals surface area contributed by atoms with Crippen LogP contribution in [0.2, 0.25) is 0 Å². The van der Waals surface area contributed by atoms with Crippen LogP contribution in [0.4, 0.5) is 4.39 Å². The van der Waals surface area contributed by atoms with Gasteiger partial charge in [-0.1, -0.05) is 5.16 Å². The van der Waals surface area contributed by atoms with E-state index in [1.54, 1.807) is 31.2 Å². The van der Waals surface area contributed by atoms with E-state index in [2.05, 4.69) is 24.8 Å². The Hall–Kier alpha value is -4.10. The summed E-state index contributed by atoms with van der Waals surface area (Å²) in [5.41, 5.74) is 8.96. The van der Waals surface area contributed by atoms with Gasteiger partial charge in [-0.25, -0.2) is 27.5 Å². The average molecular weight is 511 g/mol. The molecule has 13 heteroatoms. The maximum Gasteiger partial charge on any atom is 0.246 e. The molecule has 0 aliphatic heterocycles. The number of aromatic amines is 1. The van der Waals surface area contributed by atoms with Crippen molar-refractivity contribution in [3.05, 3.63) is 70.9 Å². The zero-order chi connectivity index (χ0) is 25.6. The number of hydrogen-bond acceptors (Lipinski definition) is 7. The predicted molar refractivity (Wildman–Crippen MR) is 131 cm³/mol. The Morgan fingerprint density at radius 1 is 1.19 bits per heavy atom. The minimum Gasteiger partial charge on any atom is -0.384 e. The summed E-state index contributed by atoms with van der Waals surface area (Å²) in [7, 11) is -3.84. The standard InChI is InChI=1S/C23H23FN8O3S/c1-12-22(13(2)35-31-12)36(33,34)27-7-8-32-19-6-4-15(24)10-18(19)30-21(32)11-20-28-16-5-3-14(23(25)26)9-17(16)29-20/h3-6,9-10,27H,7-8,11H2,1-2H3,(H3,25,26)(H,28,29). The summed E-state index contributed by atoms with van der Waals surface area (Å²) in [5.74, 6) is 0.932. The Balaban J connectivity index is 1.44. The number of halogens is 1. The van der Waals surface area contributed by atoms with Crippen molar-refractivity contribution in [2.75, 3.05) is 6.54 Å². The number of hydrogen-bond donors (Lipinski definition) is 4. The third kappa shape index (κ3) is 4.33. The Bertz CT molecular complexity index is 1720. The maximum atomic E-state index is 13.9. The molecule has 5 rings (SSSR count). The van der Waals surface area contributed by atoms with Crippen LogP contribution in [-0.4, -0.2) is 45.5 Å². The number of aryl methyl sites for hydroxylation is 2. The zero-order valence-corrected chi connectivity index (χ0v) is 20.3. The van der Waals surface area contributed by atoms with Crippen molar-refractivity contribution >= 4 is 37.9 Å². The van der Waals surface area contributed by atoms with E-state index in [4.69, 9.17) is 15.7 Å². The van der Waals surface area contributed by atoms with Gasteiger partial charge in [-0.15, -0.1) is 0 Å². The van der Waals surface area contributed by atoms with Crippen LogP contribution in [0.1, 0.15) is 28.7 Å². The molecule has 2 aromatic carbocycles. The topological polar surface area (TPSA) is 169 Å². The first kappa shape index (κ1) is 23.6. The summed E-state index contributed by atoms with van der Waals surface area (Å²) in [6, 6.07) is 9.53. The van der Waals surface area contributed by atoms with Gasteiger partial charge in [0.25, 0.3) is 0 Å². The van der Waals surface area contributed by atoms with Crippen LogP contribution >= 0.6 is 0 Å². The van der Waals surface area contributed by atoms with E-state index < -0.39 is 15.8 Å². The van der Waals surface area contributed by atoms with Crippen LogP contribution in [0, 0.1) is 25.1 Å². The highest BCUT2D eigenvalue weighted by atomic mass is 32.2. The first-order chi connectivity index (χ1) is 17.1. The highest BCUT2D eigenvalue weighted by Gasteiger charge is 2.24. The number of nitrogens with zero attached hydrogens (tertiary/aromatic N) is 4. The molecule has 0 spiro atoms. The SMILES string of the molecule is Cc1noc(C)c1S(=O)(=O)NCCn1c(Cc2nc3cc(C(=N)N)ccc3[nH]2)nc2cc(F)ccc21. The van der Waals surface area contributed by atoms with E-state index in [0.29, 0.717) is 33.8 Å². The third-order valence-corrected chi connectivity index (χ3v) is 7.53. The van der Waals surface area contributed by atoms with Crippen LogP contribution in [0.5, 0.6) is 0 Å². The third-order valence-electron chi connectivity index (χ3n) is 5.82. The lowest BCUT2D eigenvalue weighted by Crippen LogP contribution is -2.28. The van der Waals surface area contributed by atoms with E-state index in [0.717, 1.165) is 5.52 Å². The second-order valence-corrected chi connectivity index (χ2v) is 10.1. The normalized spacial score (nSPS) is 12.1. The predicted octanol–water partition coefficient (Wildman–Crippen LogP) is 2.51. The monoisotopic (exact) mass is 510 g/mol. The van der Waals surface area contributed by atoms with Gasteiger partial charge >= 0.3 is 0 Å². The Kier molecular flexibility index (Phi) is 5.80. The van der Waals surface area contributed by atoms with E-state index >= 15 is 0 Å². The number of nitrogen functional groups attached to an aromatic ring is 1. The Labute approximate surface area is 205 Å². The maximum absolute atomic E-state index is 13.9. The number of amidine groups is 1. The van der Waals surface area contributed by atoms with E-state index in [1.807, 2.05) is 4.57 Å². The number of fused-ring (bicyclic) bond motifs is 2. The molecule has 3 aromatic heterocycles. The molecule has 36 heavy (non-hydrogen) atoms. The highest BCUT2D eigenvalue weighted by Crippen LogP contribution is 2.22. The molecule has 0 bridgehead atoms. The molecule has 0 saturated carbocycles. The molecule has 0 atom stereocenters. The number of nitrogens with one attached hydrogen (secondary N) is 3. The molecule has 0 amide bonds. The average Bonchev–Trinajstić information content (AvgIpc) is 3.47. The lowest BCUT2D eigenvalue weighted by Gasteiger charge is -2.10. The fourth-order valence-corrected chi connectivity index (χ4v) is 5.57. The number of benzene rings is 2. The molecule has 0 fully saturated rings. The number of H-pyrrole nitrogens is 1. The summed E-state index contributed by atoms with van der Waals surface area (Å²) in [6.45, 7) is 3.41. The molecule has 0 unspecified atom stereocenters. The number of nitrogens with two attached hydrogens (primary N) is 1. The number of aromatic nitrogens is 5. The first-order valence-corrected chi connectivity index (χ1v) is 12.5. The molecule has 186 valence electrons. The van der Waals surface area contributed by atoms with Gasteiger partial charge in [0.1, 0.15) is 33.9 Å². The van der Waals surface area contributed by atoms with Gasteiger partial charge in [-0.2, -0.15) is 0 Å². The molecule has 0 radical (unpaired) electrons. The van der Waals surface area contributed by atoms with Crippen LogP contribution < -0.4 is 10.5 Å². The van der Waals surface area contributed by atoms with Crippen molar-refractivity contribution in [3.8, 4) is 0 Å². The van der Waals surface area contributed by atoms with Crippen molar-refractivity contribution in [3.63, 3.8) is 0 Å². The van der Waals surface area contributed by atoms with Crippen molar-refractivity contribution in [1.82, 2.24) is 29.4 Å². The van der Waals surface area contributed by atoms with E-state index in [9.17, 15) is 12.8 Å². The molecule has 0 aliphatic carbocycles. The molecule has 5 aromatic rings. The Morgan fingerprint density at radius 2 is 2.00 bits per heavy atom. The van der Waals surface area contributed by atoms with Crippen LogP contribution in [0.25, 0.3) is 22.1 Å². The van der Waals surface area contributed by atoms with Gasteiger partial charge in [-0.05, 0) is 44.2 Å². The quantitative estimate of drug-likeness (QED) is 0.184. The fourth-order valence-electron chi connectivity index (χ4n) is 4.22. The first-order valence-electron chi connectivity index (χ1n) is 11.0. The molecule has 0 aliphatic rings. The molecular formula is C23H23FN8O3S. The molecular weight excluding hydrogens is 487 g/mol. The smallest absolute Gasteiger partial charge is 0.246 e.